The second-order valence-electron chi connectivity index (χ2n) is 8.34. The highest BCUT2D eigenvalue weighted by Gasteiger charge is 2.15. The molecule has 2 aromatic rings. The van der Waals surface area contributed by atoms with Gasteiger partial charge in [-0.15, -0.1) is 0 Å². The molecular weight excluding hydrogens is 374 g/mol. The van der Waals surface area contributed by atoms with Gasteiger partial charge in [-0.05, 0) is 88.0 Å². The number of hydrogen-bond acceptors (Lipinski definition) is 3. The molecule has 3 rings (SSSR count). The van der Waals surface area contributed by atoms with Crippen molar-refractivity contribution in [3.05, 3.63) is 65.2 Å². The molecule has 0 radical (unpaired) electrons. The number of likely N-dealkylation sites (tertiary alicyclic amines) is 1. The zero-order valence-corrected chi connectivity index (χ0v) is 18.1. The molecule has 2 amide bonds. The summed E-state index contributed by atoms with van der Waals surface area (Å²) in [6, 6.07) is 14.5. The minimum absolute atomic E-state index is 0.1000. The Morgan fingerprint density at radius 3 is 2.43 bits per heavy atom. The van der Waals surface area contributed by atoms with Crippen molar-refractivity contribution in [2.75, 3.05) is 31.5 Å². The summed E-state index contributed by atoms with van der Waals surface area (Å²) in [5.41, 5.74) is 2.74. The summed E-state index contributed by atoms with van der Waals surface area (Å²) < 4.78 is 0. The van der Waals surface area contributed by atoms with E-state index in [1.54, 1.807) is 24.3 Å². The van der Waals surface area contributed by atoms with Crippen molar-refractivity contribution in [3.8, 4) is 0 Å². The molecule has 0 atom stereocenters. The molecule has 0 aromatic heterocycles. The van der Waals surface area contributed by atoms with Gasteiger partial charge in [-0.3, -0.25) is 9.59 Å². The SMILES string of the molecule is Cc1ccc(C(=O)NCCCCN2CCC(C)CC2)cc1NC(=O)c1ccccc1. The fourth-order valence-electron chi connectivity index (χ4n) is 3.73. The first kappa shape index (κ1) is 22.0. The van der Waals surface area contributed by atoms with E-state index in [0.717, 1.165) is 30.9 Å². The van der Waals surface area contributed by atoms with Gasteiger partial charge in [0.05, 0.1) is 0 Å². The summed E-state index contributed by atoms with van der Waals surface area (Å²) in [4.78, 5) is 27.5. The van der Waals surface area contributed by atoms with E-state index in [-0.39, 0.29) is 11.8 Å². The zero-order chi connectivity index (χ0) is 21.3. The number of piperidine rings is 1. The maximum absolute atomic E-state index is 12.5. The highest BCUT2D eigenvalue weighted by Crippen LogP contribution is 2.18. The fourth-order valence-corrected chi connectivity index (χ4v) is 3.73. The van der Waals surface area contributed by atoms with Crippen LogP contribution in [-0.4, -0.2) is 42.9 Å². The Hall–Kier alpha value is -2.66. The lowest BCUT2D eigenvalue weighted by molar-refractivity contribution is 0.0950. The van der Waals surface area contributed by atoms with Crippen LogP contribution in [0.5, 0.6) is 0 Å². The van der Waals surface area contributed by atoms with Crippen molar-refractivity contribution < 1.29 is 9.59 Å². The molecule has 160 valence electrons. The molecule has 1 aliphatic heterocycles. The Balaban J connectivity index is 1.45. The maximum Gasteiger partial charge on any atom is 0.255 e. The number of unbranched alkanes of at least 4 members (excludes halogenated alkanes) is 1. The predicted molar refractivity (Wildman–Crippen MR) is 122 cm³/mol. The Labute approximate surface area is 179 Å². The summed E-state index contributed by atoms with van der Waals surface area (Å²) in [6.45, 7) is 8.44. The number of nitrogens with one attached hydrogen (secondary N) is 2. The molecule has 0 bridgehead atoms. The molecule has 1 heterocycles. The number of nitrogens with zero attached hydrogens (tertiary/aromatic N) is 1. The van der Waals surface area contributed by atoms with Crippen LogP contribution < -0.4 is 10.6 Å². The fraction of sp³-hybridized carbons (Fsp3) is 0.440. The number of anilines is 1. The molecule has 5 heteroatoms. The van der Waals surface area contributed by atoms with Crippen molar-refractivity contribution in [2.45, 2.75) is 39.5 Å². The van der Waals surface area contributed by atoms with Gasteiger partial charge in [0.25, 0.3) is 11.8 Å². The smallest absolute Gasteiger partial charge is 0.255 e. The van der Waals surface area contributed by atoms with Gasteiger partial charge in [-0.2, -0.15) is 0 Å². The van der Waals surface area contributed by atoms with Crippen LogP contribution in [-0.2, 0) is 0 Å². The van der Waals surface area contributed by atoms with Gasteiger partial charge >= 0.3 is 0 Å². The number of carbonyl (C=O) groups excluding carboxylic acids is 2. The molecule has 1 saturated heterocycles. The molecule has 0 spiro atoms. The van der Waals surface area contributed by atoms with Crippen LogP contribution >= 0.6 is 0 Å². The second-order valence-corrected chi connectivity index (χ2v) is 8.34. The van der Waals surface area contributed by atoms with Gasteiger partial charge in [-0.1, -0.05) is 31.2 Å². The molecular formula is C25H33N3O2. The van der Waals surface area contributed by atoms with Crippen molar-refractivity contribution in [3.63, 3.8) is 0 Å². The van der Waals surface area contributed by atoms with E-state index in [2.05, 4.69) is 22.5 Å². The normalized spacial score (nSPS) is 15.0. The molecule has 30 heavy (non-hydrogen) atoms. The van der Waals surface area contributed by atoms with E-state index >= 15 is 0 Å². The Bertz CT molecular complexity index is 843. The van der Waals surface area contributed by atoms with Crippen molar-refractivity contribution in [1.82, 2.24) is 10.2 Å². The summed E-state index contributed by atoms with van der Waals surface area (Å²) in [7, 11) is 0. The van der Waals surface area contributed by atoms with Crippen molar-refractivity contribution in [2.24, 2.45) is 5.92 Å². The van der Waals surface area contributed by atoms with E-state index in [9.17, 15) is 9.59 Å². The third kappa shape index (κ3) is 6.42. The molecule has 0 aliphatic carbocycles. The van der Waals surface area contributed by atoms with Crippen LogP contribution in [0.25, 0.3) is 0 Å². The van der Waals surface area contributed by atoms with Crippen molar-refractivity contribution in [1.29, 1.82) is 0 Å². The van der Waals surface area contributed by atoms with Crippen LogP contribution in [0, 0.1) is 12.8 Å². The Kier molecular flexibility index (Phi) is 8.03. The average molecular weight is 408 g/mol. The summed E-state index contributed by atoms with van der Waals surface area (Å²) >= 11 is 0. The molecule has 2 aromatic carbocycles. The highest BCUT2D eigenvalue weighted by molar-refractivity contribution is 6.05. The quantitative estimate of drug-likeness (QED) is 0.634. The number of benzene rings is 2. The third-order valence-electron chi connectivity index (χ3n) is 5.85. The molecule has 2 N–H and O–H groups in total. The number of rotatable bonds is 8. The van der Waals surface area contributed by atoms with Crippen molar-refractivity contribution >= 4 is 17.5 Å². The topological polar surface area (TPSA) is 61.4 Å². The lowest BCUT2D eigenvalue weighted by Crippen LogP contribution is -2.34. The van der Waals surface area contributed by atoms with E-state index in [4.69, 9.17) is 0 Å². The summed E-state index contributed by atoms with van der Waals surface area (Å²) in [5, 5.41) is 5.92. The average Bonchev–Trinajstić information content (AvgIpc) is 2.76. The first-order chi connectivity index (χ1) is 14.5. The minimum Gasteiger partial charge on any atom is -0.352 e. The van der Waals surface area contributed by atoms with E-state index in [0.29, 0.717) is 23.4 Å². The standard InChI is InChI=1S/C25H33N3O2/c1-19-12-16-28(17-13-19)15-7-6-14-26-24(29)22-11-10-20(2)23(18-22)27-25(30)21-8-4-3-5-9-21/h3-5,8-11,18-19H,6-7,12-17H2,1-2H3,(H,26,29)(H,27,30). The van der Waals surface area contributed by atoms with Gasteiger partial charge in [0.1, 0.15) is 0 Å². The Morgan fingerprint density at radius 2 is 1.70 bits per heavy atom. The highest BCUT2D eigenvalue weighted by atomic mass is 16.2. The molecule has 1 fully saturated rings. The number of carbonyl (C=O) groups is 2. The van der Waals surface area contributed by atoms with Crippen LogP contribution in [0.15, 0.2) is 48.5 Å². The lowest BCUT2D eigenvalue weighted by atomic mass is 9.99. The maximum atomic E-state index is 12.5. The summed E-state index contributed by atoms with van der Waals surface area (Å²) in [5.74, 6) is 0.581. The Morgan fingerprint density at radius 1 is 0.967 bits per heavy atom. The van der Waals surface area contributed by atoms with Gasteiger partial charge < -0.3 is 15.5 Å². The summed E-state index contributed by atoms with van der Waals surface area (Å²) in [6.07, 6.45) is 4.67. The van der Waals surface area contributed by atoms with Crippen LogP contribution in [0.2, 0.25) is 0 Å². The van der Waals surface area contributed by atoms with Crippen LogP contribution in [0.1, 0.15) is 58.9 Å². The molecule has 1 aliphatic rings. The predicted octanol–water partition coefficient (Wildman–Crippen LogP) is 4.49. The molecule has 0 unspecified atom stereocenters. The lowest BCUT2D eigenvalue weighted by Gasteiger charge is -2.30. The minimum atomic E-state index is -0.177. The number of aryl methyl sites for hydroxylation is 1. The molecule has 5 nitrogen and oxygen atoms in total. The third-order valence-corrected chi connectivity index (χ3v) is 5.85. The number of amides is 2. The van der Waals surface area contributed by atoms with E-state index in [1.807, 2.05) is 31.2 Å². The van der Waals surface area contributed by atoms with Gasteiger partial charge in [0, 0.05) is 23.4 Å². The number of hydrogen-bond donors (Lipinski definition) is 2. The van der Waals surface area contributed by atoms with Crippen LogP contribution in [0.4, 0.5) is 5.69 Å². The van der Waals surface area contributed by atoms with Crippen LogP contribution in [0.3, 0.4) is 0 Å². The molecule has 0 saturated carbocycles. The largest absolute Gasteiger partial charge is 0.352 e. The first-order valence-corrected chi connectivity index (χ1v) is 11.0. The van der Waals surface area contributed by atoms with Gasteiger partial charge in [0.15, 0.2) is 0 Å². The van der Waals surface area contributed by atoms with Gasteiger partial charge in [0.2, 0.25) is 0 Å². The van der Waals surface area contributed by atoms with Gasteiger partial charge in [-0.25, -0.2) is 0 Å². The van der Waals surface area contributed by atoms with E-state index < -0.39 is 0 Å². The monoisotopic (exact) mass is 407 g/mol. The zero-order valence-electron chi connectivity index (χ0n) is 18.1. The van der Waals surface area contributed by atoms with E-state index in [1.165, 1.54) is 25.9 Å². The first-order valence-electron chi connectivity index (χ1n) is 11.0. The second kappa shape index (κ2) is 10.9.